The van der Waals surface area contributed by atoms with Gasteiger partial charge in [0.25, 0.3) is 0 Å². The molecule has 0 fully saturated rings. The molecule has 1 aliphatic heterocycles. The Labute approximate surface area is 217 Å². The fourth-order valence-electron chi connectivity index (χ4n) is 3.91. The van der Waals surface area contributed by atoms with E-state index in [1.165, 1.54) is 22.5 Å². The Bertz CT molecular complexity index is 1100. The molecule has 36 heavy (non-hydrogen) atoms. The largest absolute Gasteiger partial charge is 0.478 e. The number of hydrogen-bond donors (Lipinski definition) is 2. The number of unbranched alkanes of at least 4 members (excludes halogenated alkanes) is 1. The van der Waals surface area contributed by atoms with Crippen molar-refractivity contribution in [2.24, 2.45) is 0 Å². The van der Waals surface area contributed by atoms with Gasteiger partial charge >= 0.3 is 11.9 Å². The monoisotopic (exact) mass is 512 g/mol. The fourth-order valence-corrected chi connectivity index (χ4v) is 4.08. The van der Waals surface area contributed by atoms with Crippen molar-refractivity contribution in [3.63, 3.8) is 0 Å². The molecular weight excluding hydrogens is 480 g/mol. The van der Waals surface area contributed by atoms with Crippen molar-refractivity contribution in [2.75, 3.05) is 31.6 Å². The summed E-state index contributed by atoms with van der Waals surface area (Å²) in [7, 11) is 2.10. The first-order chi connectivity index (χ1) is 17.2. The van der Waals surface area contributed by atoms with Gasteiger partial charge in [-0.15, -0.1) is 0 Å². The quantitative estimate of drug-likeness (QED) is 0.335. The molecule has 2 aromatic carbocycles. The van der Waals surface area contributed by atoms with Gasteiger partial charge in [0.2, 0.25) is 0 Å². The number of carbonyl (C=O) groups excluding carboxylic acids is 1. The normalized spacial score (nSPS) is 12.6. The summed E-state index contributed by atoms with van der Waals surface area (Å²) < 4.78 is 0. The van der Waals surface area contributed by atoms with Gasteiger partial charge < -0.3 is 20.0 Å². The van der Waals surface area contributed by atoms with E-state index in [2.05, 4.69) is 53.2 Å². The molecule has 0 bridgehead atoms. The molecule has 192 valence electrons. The number of aryl methyl sites for hydroxylation is 2. The van der Waals surface area contributed by atoms with Crippen molar-refractivity contribution in [2.45, 2.75) is 32.6 Å². The molecule has 0 unspecified atom stereocenters. The van der Waals surface area contributed by atoms with Gasteiger partial charge in [0, 0.05) is 41.6 Å². The van der Waals surface area contributed by atoms with E-state index in [0.717, 1.165) is 50.3 Å². The molecule has 2 N–H and O–H groups in total. The third-order valence-electron chi connectivity index (χ3n) is 5.59. The van der Waals surface area contributed by atoms with E-state index in [0.29, 0.717) is 12.2 Å². The maximum Gasteiger partial charge on any atom is 0.328 e. The number of carboxylic acids is 2. The van der Waals surface area contributed by atoms with Gasteiger partial charge in [-0.3, -0.25) is 4.79 Å². The summed E-state index contributed by atoms with van der Waals surface area (Å²) in [5.74, 6) is -2.41. The summed E-state index contributed by atoms with van der Waals surface area (Å²) in [6.07, 6.45) is 9.01. The van der Waals surface area contributed by atoms with Crippen LogP contribution < -0.4 is 4.90 Å². The molecule has 8 heteroatoms. The van der Waals surface area contributed by atoms with Crippen LogP contribution in [0.2, 0.25) is 5.02 Å². The van der Waals surface area contributed by atoms with Crippen LogP contribution in [0.5, 0.6) is 0 Å². The molecule has 0 spiro atoms. The van der Waals surface area contributed by atoms with Crippen molar-refractivity contribution in [1.82, 2.24) is 4.90 Å². The third-order valence-corrected chi connectivity index (χ3v) is 5.83. The minimum atomic E-state index is -1.26. The lowest BCUT2D eigenvalue weighted by molar-refractivity contribution is -0.134. The summed E-state index contributed by atoms with van der Waals surface area (Å²) in [4.78, 5) is 34.8. The number of rotatable bonds is 10. The molecule has 1 heterocycles. The maximum atomic E-state index is 11.0. The predicted octanol–water partition coefficient (Wildman–Crippen LogP) is 5.15. The highest BCUT2D eigenvalue weighted by molar-refractivity contribution is 6.30. The Kier molecular flexibility index (Phi) is 11.9. The molecule has 0 atom stereocenters. The number of allylic oxidation sites excluding steroid dienone is 1. The van der Waals surface area contributed by atoms with Gasteiger partial charge in [0.15, 0.2) is 5.78 Å². The average Bonchev–Trinajstić information content (AvgIpc) is 2.97. The van der Waals surface area contributed by atoms with Crippen LogP contribution in [0, 0.1) is 0 Å². The highest BCUT2D eigenvalue weighted by Crippen LogP contribution is 2.37. The third kappa shape index (κ3) is 10.1. The number of para-hydroxylation sites is 1. The van der Waals surface area contributed by atoms with E-state index in [1.54, 1.807) is 13.0 Å². The van der Waals surface area contributed by atoms with Gasteiger partial charge in [-0.2, -0.15) is 0 Å². The second kappa shape index (κ2) is 14.9. The Morgan fingerprint density at radius 2 is 1.58 bits per heavy atom. The van der Waals surface area contributed by atoms with Crippen molar-refractivity contribution in [3.05, 3.63) is 82.9 Å². The van der Waals surface area contributed by atoms with Crippen LogP contribution in [0.15, 0.2) is 66.8 Å². The van der Waals surface area contributed by atoms with Crippen molar-refractivity contribution in [3.8, 4) is 0 Å². The molecule has 0 amide bonds. The van der Waals surface area contributed by atoms with E-state index in [-0.39, 0.29) is 5.78 Å². The minimum Gasteiger partial charge on any atom is -0.478 e. The van der Waals surface area contributed by atoms with Crippen LogP contribution in [0.3, 0.4) is 0 Å². The maximum absolute atomic E-state index is 11.0. The van der Waals surface area contributed by atoms with Crippen molar-refractivity contribution >= 4 is 40.7 Å². The standard InChI is InChI=1S/C24H29ClN2O.C4H4O4/c1-19(28)8-7-16-26(2)15-5-6-17-27-23-10-4-3-9-20(23)11-12-21-13-14-22(25)18-24(21)27;5-3(6)1-2-4(7)8/h3-4,7-10,13-14,18H,5-6,11-12,15-17H2,1-2H3;1-2H,(H,5,6)(H,7,8)/b8-7+;2-1-. The summed E-state index contributed by atoms with van der Waals surface area (Å²) >= 11 is 6.33. The number of carbonyl (C=O) groups is 3. The van der Waals surface area contributed by atoms with Crippen molar-refractivity contribution < 1.29 is 24.6 Å². The summed E-state index contributed by atoms with van der Waals surface area (Å²) in [5.41, 5.74) is 5.32. The van der Waals surface area contributed by atoms with E-state index in [9.17, 15) is 14.4 Å². The predicted molar refractivity (Wildman–Crippen MR) is 143 cm³/mol. The lowest BCUT2D eigenvalue weighted by Gasteiger charge is -2.27. The fraction of sp³-hybridized carbons (Fsp3) is 0.321. The van der Waals surface area contributed by atoms with Crippen LogP contribution in [0.25, 0.3) is 0 Å². The number of nitrogens with zero attached hydrogens (tertiary/aromatic N) is 2. The molecular formula is C28H33ClN2O5. The van der Waals surface area contributed by atoms with Gasteiger partial charge in [-0.1, -0.05) is 41.9 Å². The average molecular weight is 513 g/mol. The first kappa shape index (κ1) is 28.8. The number of aliphatic carboxylic acids is 2. The molecule has 2 aromatic rings. The zero-order chi connectivity index (χ0) is 26.5. The Balaban J connectivity index is 0.000000493. The lowest BCUT2D eigenvalue weighted by atomic mass is 10.0. The Hall–Kier alpha value is -3.42. The Morgan fingerprint density at radius 1 is 0.944 bits per heavy atom. The van der Waals surface area contributed by atoms with Crippen molar-refractivity contribution in [1.29, 1.82) is 0 Å². The van der Waals surface area contributed by atoms with Crippen LogP contribution in [0.4, 0.5) is 11.4 Å². The molecule has 3 rings (SSSR count). The first-order valence-electron chi connectivity index (χ1n) is 11.8. The number of anilines is 2. The summed E-state index contributed by atoms with van der Waals surface area (Å²) in [6, 6.07) is 15.0. The summed E-state index contributed by atoms with van der Waals surface area (Å²) in [5, 5.41) is 16.4. The molecule has 1 aliphatic rings. The second-order valence-electron chi connectivity index (χ2n) is 8.55. The van der Waals surface area contributed by atoms with E-state index in [1.807, 2.05) is 12.1 Å². The van der Waals surface area contributed by atoms with E-state index < -0.39 is 11.9 Å². The van der Waals surface area contributed by atoms with Gasteiger partial charge in [-0.05, 0) is 81.6 Å². The number of likely N-dealkylation sites (N-methyl/N-ethyl adjacent to an activating group) is 1. The van der Waals surface area contributed by atoms with Gasteiger partial charge in [-0.25, -0.2) is 9.59 Å². The zero-order valence-corrected chi connectivity index (χ0v) is 21.4. The number of halogens is 1. The number of fused-ring (bicyclic) bond motifs is 2. The smallest absolute Gasteiger partial charge is 0.328 e. The molecule has 0 aromatic heterocycles. The number of carboxylic acid groups (broad SMARTS) is 2. The lowest BCUT2D eigenvalue weighted by Crippen LogP contribution is -2.23. The van der Waals surface area contributed by atoms with Crippen LogP contribution in [-0.4, -0.2) is 59.5 Å². The van der Waals surface area contributed by atoms with Crippen LogP contribution >= 0.6 is 11.6 Å². The molecule has 0 aliphatic carbocycles. The first-order valence-corrected chi connectivity index (χ1v) is 12.2. The van der Waals surface area contributed by atoms with Crippen LogP contribution in [0.1, 0.15) is 30.9 Å². The van der Waals surface area contributed by atoms with Gasteiger partial charge in [0.05, 0.1) is 0 Å². The molecule has 0 saturated heterocycles. The highest BCUT2D eigenvalue weighted by Gasteiger charge is 2.20. The van der Waals surface area contributed by atoms with Gasteiger partial charge in [0.1, 0.15) is 0 Å². The molecule has 0 radical (unpaired) electrons. The number of ketones is 1. The zero-order valence-electron chi connectivity index (χ0n) is 20.7. The van der Waals surface area contributed by atoms with Crippen LogP contribution in [-0.2, 0) is 27.2 Å². The SMILES string of the molecule is CC(=O)/C=C/CN(C)CCCCN1c2ccccc2CCc2ccc(Cl)cc21.O=C(O)/C=C\C(=O)O. The summed E-state index contributed by atoms with van der Waals surface area (Å²) in [6.45, 7) is 4.38. The number of hydrogen-bond acceptors (Lipinski definition) is 5. The van der Waals surface area contributed by atoms with E-state index in [4.69, 9.17) is 21.8 Å². The van der Waals surface area contributed by atoms with E-state index >= 15 is 0 Å². The molecule has 0 saturated carbocycles. The molecule has 7 nitrogen and oxygen atoms in total. The minimum absolute atomic E-state index is 0.102. The second-order valence-corrected chi connectivity index (χ2v) is 8.98. The Morgan fingerprint density at radius 3 is 2.22 bits per heavy atom. The highest BCUT2D eigenvalue weighted by atomic mass is 35.5. The number of benzene rings is 2. The topological polar surface area (TPSA) is 98.2 Å².